The predicted molar refractivity (Wildman–Crippen MR) is 119 cm³/mol. The van der Waals surface area contributed by atoms with Crippen LogP contribution in [0.15, 0.2) is 66.4 Å². The zero-order valence-electron chi connectivity index (χ0n) is 17.4. The van der Waals surface area contributed by atoms with E-state index in [1.165, 1.54) is 36.0 Å². The number of benzene rings is 2. The SMILES string of the molecule is CCCCN1/C(=C\C=N)C(C)(C)c2ccccc21.N=C(O)Cc1ccccc1.[Co]. The molecule has 0 saturated carbocycles. The van der Waals surface area contributed by atoms with Gasteiger partial charge in [-0.05, 0) is 29.7 Å². The van der Waals surface area contributed by atoms with Crippen LogP contribution in [0.4, 0.5) is 5.69 Å². The summed E-state index contributed by atoms with van der Waals surface area (Å²) >= 11 is 0. The first-order valence-electron chi connectivity index (χ1n) is 9.80. The van der Waals surface area contributed by atoms with Crippen LogP contribution in [0.1, 0.15) is 44.7 Å². The summed E-state index contributed by atoms with van der Waals surface area (Å²) in [5.74, 6) is -0.286. The largest absolute Gasteiger partial charge is 0.497 e. The van der Waals surface area contributed by atoms with Gasteiger partial charge in [-0.1, -0.05) is 75.7 Å². The van der Waals surface area contributed by atoms with Crippen LogP contribution >= 0.6 is 0 Å². The van der Waals surface area contributed by atoms with Crippen molar-refractivity contribution >= 4 is 17.8 Å². The Balaban J connectivity index is 0.000000327. The molecule has 1 radical (unpaired) electrons. The van der Waals surface area contributed by atoms with Crippen molar-refractivity contribution in [3.05, 3.63) is 77.5 Å². The van der Waals surface area contributed by atoms with Gasteiger partial charge in [0.25, 0.3) is 0 Å². The average Bonchev–Trinajstić information content (AvgIpc) is 2.89. The van der Waals surface area contributed by atoms with Crippen LogP contribution in [0.5, 0.6) is 0 Å². The summed E-state index contributed by atoms with van der Waals surface area (Å²) in [4.78, 5) is 2.38. The molecule has 4 nitrogen and oxygen atoms in total. The minimum Gasteiger partial charge on any atom is -0.497 e. The summed E-state index contributed by atoms with van der Waals surface area (Å²) < 4.78 is 0. The van der Waals surface area contributed by atoms with E-state index in [4.69, 9.17) is 15.9 Å². The second kappa shape index (κ2) is 11.6. The topological polar surface area (TPSA) is 71.2 Å². The molecular formula is C24H31CoN3O. The van der Waals surface area contributed by atoms with E-state index in [0.29, 0.717) is 6.42 Å². The number of hydrogen-bond donors (Lipinski definition) is 3. The van der Waals surface area contributed by atoms with Crippen molar-refractivity contribution in [3.63, 3.8) is 0 Å². The first kappa shape index (κ1) is 24.7. The van der Waals surface area contributed by atoms with Crippen molar-refractivity contribution in [2.24, 2.45) is 0 Å². The van der Waals surface area contributed by atoms with E-state index in [-0.39, 0.29) is 28.1 Å². The van der Waals surface area contributed by atoms with E-state index in [1.54, 1.807) is 0 Å². The van der Waals surface area contributed by atoms with E-state index in [9.17, 15) is 0 Å². The Bertz CT molecular complexity index is 831. The fraction of sp³-hybridized carbons (Fsp3) is 0.333. The molecule has 0 fully saturated rings. The smallest absolute Gasteiger partial charge is 0.182 e. The van der Waals surface area contributed by atoms with Crippen LogP contribution in [0.25, 0.3) is 0 Å². The summed E-state index contributed by atoms with van der Waals surface area (Å²) in [5.41, 5.74) is 4.89. The number of unbranched alkanes of at least 4 members (excludes halogenated alkanes) is 1. The molecule has 1 aliphatic rings. The molecular weight excluding hydrogens is 405 g/mol. The van der Waals surface area contributed by atoms with Crippen LogP contribution < -0.4 is 4.90 Å². The Hall–Kier alpha value is -2.37. The molecule has 0 bridgehead atoms. The van der Waals surface area contributed by atoms with E-state index in [2.05, 4.69) is 49.9 Å². The van der Waals surface area contributed by atoms with Crippen molar-refractivity contribution in [2.75, 3.05) is 11.4 Å². The van der Waals surface area contributed by atoms with Gasteiger partial charge in [0.05, 0.1) is 0 Å². The number of nitrogens with zero attached hydrogens (tertiary/aromatic N) is 1. The number of fused-ring (bicyclic) bond motifs is 1. The summed E-state index contributed by atoms with van der Waals surface area (Å²) in [6.45, 7) is 7.74. The van der Waals surface area contributed by atoms with Gasteiger partial charge < -0.3 is 15.4 Å². The molecule has 0 atom stereocenters. The number of anilines is 1. The van der Waals surface area contributed by atoms with Gasteiger partial charge in [-0.25, -0.2) is 0 Å². The second-order valence-electron chi connectivity index (χ2n) is 7.47. The predicted octanol–water partition coefficient (Wildman–Crippen LogP) is 5.88. The van der Waals surface area contributed by atoms with E-state index in [1.807, 2.05) is 36.4 Å². The third-order valence-electron chi connectivity index (χ3n) is 4.99. The zero-order valence-corrected chi connectivity index (χ0v) is 18.4. The Morgan fingerprint density at radius 3 is 2.28 bits per heavy atom. The van der Waals surface area contributed by atoms with Crippen molar-refractivity contribution in [2.45, 2.75) is 45.4 Å². The molecule has 2 aromatic rings. The van der Waals surface area contributed by atoms with E-state index >= 15 is 0 Å². The van der Waals surface area contributed by atoms with Gasteiger partial charge in [-0.3, -0.25) is 5.41 Å². The van der Waals surface area contributed by atoms with Gasteiger partial charge in [0, 0.05) is 52.8 Å². The van der Waals surface area contributed by atoms with Gasteiger partial charge in [0.1, 0.15) is 0 Å². The summed E-state index contributed by atoms with van der Waals surface area (Å²) in [5, 5.41) is 22.8. The van der Waals surface area contributed by atoms with Crippen molar-refractivity contribution < 1.29 is 21.9 Å². The molecule has 157 valence electrons. The number of hydrogen-bond acceptors (Lipinski definition) is 3. The Morgan fingerprint density at radius 1 is 1.07 bits per heavy atom. The molecule has 3 rings (SSSR count). The van der Waals surface area contributed by atoms with Gasteiger partial charge >= 0.3 is 0 Å². The number of rotatable bonds is 6. The molecule has 0 aliphatic carbocycles. The Kier molecular flexibility index (Phi) is 9.85. The maximum Gasteiger partial charge on any atom is 0.182 e. The maximum atomic E-state index is 8.59. The summed E-state index contributed by atoms with van der Waals surface area (Å²) in [7, 11) is 0. The van der Waals surface area contributed by atoms with Crippen LogP contribution in [0, 0.1) is 10.8 Å². The third kappa shape index (κ3) is 6.31. The Labute approximate surface area is 184 Å². The van der Waals surface area contributed by atoms with Crippen molar-refractivity contribution in [1.82, 2.24) is 0 Å². The fourth-order valence-corrected chi connectivity index (χ4v) is 3.57. The number of aliphatic hydroxyl groups is 1. The quantitative estimate of drug-likeness (QED) is 0.391. The van der Waals surface area contributed by atoms with Crippen LogP contribution in [0.3, 0.4) is 0 Å². The summed E-state index contributed by atoms with van der Waals surface area (Å²) in [6.07, 6.45) is 6.05. The second-order valence-corrected chi connectivity index (χ2v) is 7.47. The maximum absolute atomic E-state index is 8.59. The van der Waals surface area contributed by atoms with E-state index in [0.717, 1.165) is 12.1 Å². The van der Waals surface area contributed by atoms with Crippen molar-refractivity contribution in [3.8, 4) is 0 Å². The Morgan fingerprint density at radius 2 is 1.69 bits per heavy atom. The number of aliphatic hydroxyl groups excluding tert-OH is 1. The van der Waals surface area contributed by atoms with Crippen LogP contribution in [0.2, 0.25) is 0 Å². The average molecular weight is 436 g/mol. The number of nitrogens with one attached hydrogen (secondary N) is 2. The first-order chi connectivity index (χ1) is 13.4. The van der Waals surface area contributed by atoms with E-state index < -0.39 is 0 Å². The molecule has 0 spiro atoms. The normalized spacial score (nSPS) is 15.0. The number of allylic oxidation sites excluding steroid dienone is 2. The minimum absolute atomic E-state index is 0. The van der Waals surface area contributed by atoms with Crippen LogP contribution in [-0.2, 0) is 28.6 Å². The van der Waals surface area contributed by atoms with Gasteiger partial charge in [-0.15, -0.1) is 0 Å². The molecule has 1 heterocycles. The molecule has 2 aromatic carbocycles. The standard InChI is InChI=1S/C16H22N2.C8H9NO.Co/c1-4-5-12-18-14-9-7-6-8-13(14)16(2,3)15(18)10-11-17;9-8(10)6-7-4-2-1-3-5-7;/h6-11,17H,4-5,12H2,1-3H3;1-5H,6H2,(H2,9,10);/b15-10-,17-11?;;. The molecule has 1 aliphatic heterocycles. The molecule has 0 unspecified atom stereocenters. The van der Waals surface area contributed by atoms with Gasteiger partial charge in [0.2, 0.25) is 0 Å². The number of para-hydroxylation sites is 1. The minimum atomic E-state index is -0.286. The van der Waals surface area contributed by atoms with Gasteiger partial charge in [-0.2, -0.15) is 0 Å². The summed E-state index contributed by atoms with van der Waals surface area (Å²) in [6, 6.07) is 18.0. The monoisotopic (exact) mass is 436 g/mol. The molecule has 5 heteroatoms. The zero-order chi connectivity index (χ0) is 20.6. The molecule has 0 amide bonds. The first-order valence-corrected chi connectivity index (χ1v) is 9.80. The fourth-order valence-electron chi connectivity index (χ4n) is 3.57. The van der Waals surface area contributed by atoms with Crippen molar-refractivity contribution in [1.29, 1.82) is 10.8 Å². The third-order valence-corrected chi connectivity index (χ3v) is 4.99. The molecule has 3 N–H and O–H groups in total. The van der Waals surface area contributed by atoms with Gasteiger partial charge in [0.15, 0.2) is 5.90 Å². The molecule has 0 aromatic heterocycles. The molecule has 29 heavy (non-hydrogen) atoms. The van der Waals surface area contributed by atoms with Crippen LogP contribution in [-0.4, -0.2) is 23.8 Å². The molecule has 0 saturated heterocycles.